The number of guanidine groups is 1. The molecule has 0 saturated carbocycles. The summed E-state index contributed by atoms with van der Waals surface area (Å²) in [6, 6.07) is -0.777. The third kappa shape index (κ3) is 4.40. The van der Waals surface area contributed by atoms with Crippen LogP contribution < -0.4 is 11.5 Å². The predicted molar refractivity (Wildman–Crippen MR) is 76.0 cm³/mol. The zero-order valence-corrected chi connectivity index (χ0v) is 12.1. The maximum absolute atomic E-state index is 12.0. The molecule has 2 atom stereocenters. The van der Waals surface area contributed by atoms with Crippen molar-refractivity contribution in [1.82, 2.24) is 4.90 Å². The minimum atomic E-state index is -0.965. The molecule has 1 unspecified atom stereocenters. The fraction of sp³-hybridized carbons (Fsp3) is 0.769. The number of hydrogen-bond donors (Lipinski definition) is 3. The summed E-state index contributed by atoms with van der Waals surface area (Å²) in [7, 11) is 0. The van der Waals surface area contributed by atoms with E-state index in [9.17, 15) is 14.7 Å². The minimum absolute atomic E-state index is 0.00556. The van der Waals surface area contributed by atoms with Crippen LogP contribution in [0, 0.1) is 11.8 Å². The van der Waals surface area contributed by atoms with E-state index in [1.807, 2.05) is 0 Å². The summed E-state index contributed by atoms with van der Waals surface area (Å²) in [6.07, 6.45) is 1.34. The third-order valence-corrected chi connectivity index (χ3v) is 3.72. The summed E-state index contributed by atoms with van der Waals surface area (Å²) < 4.78 is 0. The number of aliphatic carboxylic acids is 1. The Morgan fingerprint density at radius 2 is 2.15 bits per heavy atom. The number of aliphatic imine (C=N–C) groups is 1. The Hall–Kier alpha value is -1.79. The topological polar surface area (TPSA) is 122 Å². The van der Waals surface area contributed by atoms with E-state index in [1.165, 1.54) is 4.90 Å². The van der Waals surface area contributed by atoms with Gasteiger partial charge in [0.2, 0.25) is 5.91 Å². The molecule has 1 aliphatic rings. The van der Waals surface area contributed by atoms with Gasteiger partial charge in [-0.2, -0.15) is 0 Å². The number of carbonyl (C=O) groups is 2. The summed E-state index contributed by atoms with van der Waals surface area (Å²) >= 11 is 0. The number of likely N-dealkylation sites (tertiary alicyclic amines) is 1. The average Bonchev–Trinajstić information content (AvgIpc) is 2.70. The number of nitrogens with zero attached hydrogens (tertiary/aromatic N) is 2. The van der Waals surface area contributed by atoms with E-state index in [-0.39, 0.29) is 17.8 Å². The largest absolute Gasteiger partial charge is 0.480 e. The van der Waals surface area contributed by atoms with Gasteiger partial charge in [0.25, 0.3) is 0 Å². The summed E-state index contributed by atoms with van der Waals surface area (Å²) in [4.78, 5) is 28.6. The fourth-order valence-electron chi connectivity index (χ4n) is 2.41. The molecule has 7 heteroatoms. The van der Waals surface area contributed by atoms with Gasteiger partial charge in [-0.25, -0.2) is 4.79 Å². The zero-order valence-electron chi connectivity index (χ0n) is 12.1. The molecule has 0 radical (unpaired) electrons. The molecule has 0 bridgehead atoms. The number of carboxylic acids is 1. The Bertz CT molecular complexity index is 391. The molecular formula is C13H24N4O3. The van der Waals surface area contributed by atoms with Crippen LogP contribution >= 0.6 is 0 Å². The van der Waals surface area contributed by atoms with E-state index >= 15 is 0 Å². The van der Waals surface area contributed by atoms with Gasteiger partial charge in [-0.1, -0.05) is 13.8 Å². The first kappa shape index (κ1) is 16.3. The fourth-order valence-corrected chi connectivity index (χ4v) is 2.41. The van der Waals surface area contributed by atoms with E-state index in [2.05, 4.69) is 18.8 Å². The van der Waals surface area contributed by atoms with E-state index in [1.54, 1.807) is 0 Å². The number of carbonyl (C=O) groups excluding carboxylic acids is 1. The standard InChI is InChI=1S/C13H24N4O3/c1-8(2)9-6-11(18)17(7-9)10(12(19)20)4-3-5-16-13(14)15/h8-10H,3-7H2,1-2H3,(H,19,20)(H4,14,15,16)/t9?,10-/m0/s1. The van der Waals surface area contributed by atoms with E-state index in [4.69, 9.17) is 11.5 Å². The van der Waals surface area contributed by atoms with Crippen LogP contribution in [0.4, 0.5) is 0 Å². The maximum Gasteiger partial charge on any atom is 0.326 e. The van der Waals surface area contributed by atoms with Gasteiger partial charge < -0.3 is 21.5 Å². The number of hydrogen-bond acceptors (Lipinski definition) is 3. The zero-order chi connectivity index (χ0) is 15.3. The number of carboxylic acid groups (broad SMARTS) is 1. The predicted octanol–water partition coefficient (Wildman–Crippen LogP) is -0.00230. The lowest BCUT2D eigenvalue weighted by Gasteiger charge is -2.25. The highest BCUT2D eigenvalue weighted by Gasteiger charge is 2.38. The first-order valence-corrected chi connectivity index (χ1v) is 6.90. The number of rotatable bonds is 7. The van der Waals surface area contributed by atoms with Crippen molar-refractivity contribution in [3.8, 4) is 0 Å². The summed E-state index contributed by atoms with van der Waals surface area (Å²) in [5, 5.41) is 9.31. The van der Waals surface area contributed by atoms with Crippen LogP contribution in [0.25, 0.3) is 0 Å². The van der Waals surface area contributed by atoms with Crippen molar-refractivity contribution in [2.45, 2.75) is 39.2 Å². The van der Waals surface area contributed by atoms with Gasteiger partial charge in [-0.05, 0) is 24.7 Å². The molecule has 0 aromatic rings. The highest BCUT2D eigenvalue weighted by Crippen LogP contribution is 2.27. The van der Waals surface area contributed by atoms with Crippen LogP contribution in [0.3, 0.4) is 0 Å². The Labute approximate surface area is 119 Å². The number of amides is 1. The van der Waals surface area contributed by atoms with Gasteiger partial charge in [-0.3, -0.25) is 9.79 Å². The lowest BCUT2D eigenvalue weighted by atomic mass is 9.95. The SMILES string of the molecule is CC(C)C1CC(=O)N([C@@H](CCCN=C(N)N)C(=O)O)C1. The molecule has 1 fully saturated rings. The molecule has 0 spiro atoms. The Morgan fingerprint density at radius 3 is 2.60 bits per heavy atom. The maximum atomic E-state index is 12.0. The monoisotopic (exact) mass is 284 g/mol. The number of nitrogens with two attached hydrogens (primary N) is 2. The first-order valence-electron chi connectivity index (χ1n) is 6.90. The van der Waals surface area contributed by atoms with Crippen molar-refractivity contribution in [1.29, 1.82) is 0 Å². The minimum Gasteiger partial charge on any atom is -0.480 e. The van der Waals surface area contributed by atoms with Gasteiger partial charge in [0, 0.05) is 19.5 Å². The smallest absolute Gasteiger partial charge is 0.326 e. The van der Waals surface area contributed by atoms with Gasteiger partial charge in [-0.15, -0.1) is 0 Å². The quantitative estimate of drug-likeness (QED) is 0.345. The van der Waals surface area contributed by atoms with E-state index < -0.39 is 12.0 Å². The Kier molecular flexibility index (Phi) is 5.79. The summed E-state index contributed by atoms with van der Waals surface area (Å²) in [6.45, 7) is 5.00. The molecule has 20 heavy (non-hydrogen) atoms. The normalized spacial score (nSPS) is 20.2. The summed E-state index contributed by atoms with van der Waals surface area (Å²) in [5.74, 6) is -0.429. The van der Waals surface area contributed by atoms with Crippen molar-refractivity contribution < 1.29 is 14.7 Å². The van der Waals surface area contributed by atoms with Crippen molar-refractivity contribution in [2.24, 2.45) is 28.3 Å². The second-order valence-electron chi connectivity index (χ2n) is 5.56. The molecule has 7 nitrogen and oxygen atoms in total. The van der Waals surface area contributed by atoms with Gasteiger partial charge in [0.05, 0.1) is 0 Å². The Morgan fingerprint density at radius 1 is 1.50 bits per heavy atom. The van der Waals surface area contributed by atoms with Gasteiger partial charge in [0.1, 0.15) is 6.04 Å². The van der Waals surface area contributed by atoms with Crippen LogP contribution in [0.2, 0.25) is 0 Å². The molecule has 0 aliphatic carbocycles. The molecule has 1 rings (SSSR count). The van der Waals surface area contributed by atoms with E-state index in [0.717, 1.165) is 0 Å². The van der Waals surface area contributed by atoms with Crippen molar-refractivity contribution in [2.75, 3.05) is 13.1 Å². The first-order chi connectivity index (χ1) is 9.32. The second kappa shape index (κ2) is 7.12. The van der Waals surface area contributed by atoms with Gasteiger partial charge >= 0.3 is 5.97 Å². The highest BCUT2D eigenvalue weighted by molar-refractivity contribution is 5.85. The molecule has 0 aromatic carbocycles. The van der Waals surface area contributed by atoms with Crippen molar-refractivity contribution in [3.63, 3.8) is 0 Å². The molecular weight excluding hydrogens is 260 g/mol. The highest BCUT2D eigenvalue weighted by atomic mass is 16.4. The van der Waals surface area contributed by atoms with E-state index in [0.29, 0.717) is 38.3 Å². The van der Waals surface area contributed by atoms with Crippen LogP contribution in [-0.4, -0.2) is 47.0 Å². The molecule has 1 aliphatic heterocycles. The van der Waals surface area contributed by atoms with Crippen LogP contribution in [0.15, 0.2) is 4.99 Å². The molecule has 5 N–H and O–H groups in total. The Balaban J connectivity index is 2.60. The van der Waals surface area contributed by atoms with Crippen molar-refractivity contribution in [3.05, 3.63) is 0 Å². The van der Waals surface area contributed by atoms with Crippen LogP contribution in [0.1, 0.15) is 33.1 Å². The molecule has 1 amide bonds. The second-order valence-corrected chi connectivity index (χ2v) is 5.56. The molecule has 0 aromatic heterocycles. The molecule has 1 heterocycles. The van der Waals surface area contributed by atoms with Crippen LogP contribution in [0.5, 0.6) is 0 Å². The summed E-state index contributed by atoms with van der Waals surface area (Å²) in [5.41, 5.74) is 10.4. The average molecular weight is 284 g/mol. The molecule has 114 valence electrons. The van der Waals surface area contributed by atoms with Crippen LogP contribution in [-0.2, 0) is 9.59 Å². The van der Waals surface area contributed by atoms with Gasteiger partial charge in [0.15, 0.2) is 5.96 Å². The lowest BCUT2D eigenvalue weighted by molar-refractivity contribution is -0.148. The third-order valence-electron chi connectivity index (χ3n) is 3.72. The van der Waals surface area contributed by atoms with Crippen molar-refractivity contribution >= 4 is 17.8 Å². The lowest BCUT2D eigenvalue weighted by Crippen LogP contribution is -2.42. The molecule has 1 saturated heterocycles.